The molecule has 1 aliphatic rings. The highest BCUT2D eigenvalue weighted by molar-refractivity contribution is 5.46. The molecule has 0 bridgehead atoms. The molecule has 1 aliphatic heterocycles. The van der Waals surface area contributed by atoms with E-state index in [1.54, 1.807) is 12.1 Å². The van der Waals surface area contributed by atoms with Gasteiger partial charge in [0, 0.05) is 11.7 Å². The lowest BCUT2D eigenvalue weighted by Crippen LogP contribution is -2.39. The van der Waals surface area contributed by atoms with E-state index in [0.29, 0.717) is 12.0 Å². The largest absolute Gasteiger partial charge is 0.382 e. The van der Waals surface area contributed by atoms with E-state index in [-0.39, 0.29) is 5.82 Å². The molecular formula is C16H25FN2. The molecule has 0 spiro atoms. The molecule has 0 radical (unpaired) electrons. The third-order valence-corrected chi connectivity index (χ3v) is 4.22. The first-order chi connectivity index (χ1) is 9.08. The summed E-state index contributed by atoms with van der Waals surface area (Å²) in [6.07, 6.45) is 2.46. The highest BCUT2D eigenvalue weighted by atomic mass is 19.1. The quantitative estimate of drug-likeness (QED) is 0.892. The van der Waals surface area contributed by atoms with E-state index < -0.39 is 0 Å². The van der Waals surface area contributed by atoms with Crippen molar-refractivity contribution in [3.63, 3.8) is 0 Å². The van der Waals surface area contributed by atoms with Crippen molar-refractivity contribution in [1.29, 1.82) is 0 Å². The maximum Gasteiger partial charge on any atom is 0.125 e. The molecular weight excluding hydrogens is 239 g/mol. The molecule has 1 atom stereocenters. The summed E-state index contributed by atoms with van der Waals surface area (Å²) in [5.74, 6) is 0.530. The summed E-state index contributed by atoms with van der Waals surface area (Å²) >= 11 is 0. The molecule has 0 aromatic heterocycles. The molecule has 3 heteroatoms. The minimum absolute atomic E-state index is 0.157. The Morgan fingerprint density at radius 3 is 2.58 bits per heavy atom. The van der Waals surface area contributed by atoms with Crippen molar-refractivity contribution in [2.45, 2.75) is 39.7 Å². The summed E-state index contributed by atoms with van der Waals surface area (Å²) in [6.45, 7) is 9.89. The minimum Gasteiger partial charge on any atom is -0.382 e. The number of rotatable bonds is 4. The number of hydrogen-bond acceptors (Lipinski definition) is 2. The van der Waals surface area contributed by atoms with Gasteiger partial charge in [0.1, 0.15) is 5.82 Å². The van der Waals surface area contributed by atoms with Crippen LogP contribution in [0, 0.1) is 18.7 Å². The first-order valence-electron chi connectivity index (χ1n) is 7.34. The monoisotopic (exact) mass is 264 g/mol. The normalized spacial score (nSPS) is 19.4. The smallest absolute Gasteiger partial charge is 0.125 e. The second kappa shape index (κ2) is 6.38. The van der Waals surface area contributed by atoms with Crippen LogP contribution in [0.5, 0.6) is 0 Å². The fourth-order valence-corrected chi connectivity index (χ4v) is 2.97. The molecule has 19 heavy (non-hydrogen) atoms. The topological polar surface area (TPSA) is 15.3 Å². The molecule has 0 aliphatic carbocycles. The van der Waals surface area contributed by atoms with Gasteiger partial charge in [-0.15, -0.1) is 0 Å². The Hall–Kier alpha value is -1.09. The van der Waals surface area contributed by atoms with E-state index in [4.69, 9.17) is 0 Å². The van der Waals surface area contributed by atoms with Crippen LogP contribution in [0.25, 0.3) is 0 Å². The Labute approximate surface area is 116 Å². The van der Waals surface area contributed by atoms with E-state index in [1.165, 1.54) is 25.9 Å². The first-order valence-corrected chi connectivity index (χ1v) is 7.34. The maximum atomic E-state index is 13.4. The Bertz CT molecular complexity index is 391. The Morgan fingerprint density at radius 2 is 2.00 bits per heavy atom. The maximum absolute atomic E-state index is 13.4. The zero-order valence-corrected chi connectivity index (χ0v) is 12.2. The van der Waals surface area contributed by atoms with E-state index >= 15 is 0 Å². The molecule has 1 N–H and O–H groups in total. The van der Waals surface area contributed by atoms with Crippen molar-refractivity contribution in [2.24, 2.45) is 5.92 Å². The van der Waals surface area contributed by atoms with E-state index in [2.05, 4.69) is 24.1 Å². The fourth-order valence-electron chi connectivity index (χ4n) is 2.97. The van der Waals surface area contributed by atoms with Gasteiger partial charge in [0.05, 0.1) is 0 Å². The van der Waals surface area contributed by atoms with Crippen molar-refractivity contribution < 1.29 is 4.39 Å². The second-order valence-electron chi connectivity index (χ2n) is 5.72. The van der Waals surface area contributed by atoms with Crippen LogP contribution in [0.15, 0.2) is 18.2 Å². The number of halogens is 1. The molecule has 1 saturated heterocycles. The highest BCUT2D eigenvalue weighted by Crippen LogP contribution is 2.24. The van der Waals surface area contributed by atoms with Crippen molar-refractivity contribution >= 4 is 5.69 Å². The van der Waals surface area contributed by atoms with E-state index in [0.717, 1.165) is 17.8 Å². The van der Waals surface area contributed by atoms with Gasteiger partial charge in [-0.1, -0.05) is 6.92 Å². The fraction of sp³-hybridized carbons (Fsp3) is 0.625. The number of hydrogen-bond donors (Lipinski definition) is 1. The van der Waals surface area contributed by atoms with Gasteiger partial charge in [0.25, 0.3) is 0 Å². The Kier molecular flexibility index (Phi) is 4.81. The molecule has 2 rings (SSSR count). The third kappa shape index (κ3) is 3.93. The first kappa shape index (κ1) is 14.3. The van der Waals surface area contributed by atoms with Crippen LogP contribution in [0.2, 0.25) is 0 Å². The van der Waals surface area contributed by atoms with E-state index in [1.807, 2.05) is 13.0 Å². The predicted molar refractivity (Wildman–Crippen MR) is 79.1 cm³/mol. The van der Waals surface area contributed by atoms with Gasteiger partial charge >= 0.3 is 0 Å². The molecule has 0 saturated carbocycles. The summed E-state index contributed by atoms with van der Waals surface area (Å²) in [7, 11) is 0. The van der Waals surface area contributed by atoms with Gasteiger partial charge < -0.3 is 10.2 Å². The zero-order chi connectivity index (χ0) is 13.8. The lowest BCUT2D eigenvalue weighted by molar-refractivity contribution is 0.183. The lowest BCUT2D eigenvalue weighted by Gasteiger charge is -2.34. The lowest BCUT2D eigenvalue weighted by atomic mass is 9.90. The van der Waals surface area contributed by atoms with Crippen molar-refractivity contribution in [3.8, 4) is 0 Å². The summed E-state index contributed by atoms with van der Waals surface area (Å²) in [5, 5.41) is 3.47. The van der Waals surface area contributed by atoms with Crippen molar-refractivity contribution in [3.05, 3.63) is 29.6 Å². The van der Waals surface area contributed by atoms with Gasteiger partial charge in [-0.05, 0) is 76.0 Å². The van der Waals surface area contributed by atoms with Crippen LogP contribution in [-0.4, -0.2) is 30.6 Å². The van der Waals surface area contributed by atoms with Crippen molar-refractivity contribution in [2.75, 3.05) is 25.0 Å². The zero-order valence-electron chi connectivity index (χ0n) is 12.2. The third-order valence-electron chi connectivity index (χ3n) is 4.22. The van der Waals surface area contributed by atoms with Crippen LogP contribution >= 0.6 is 0 Å². The summed E-state index contributed by atoms with van der Waals surface area (Å²) in [6, 6.07) is 5.57. The number of piperidine rings is 1. The molecule has 106 valence electrons. The second-order valence-corrected chi connectivity index (χ2v) is 5.72. The molecule has 2 nitrogen and oxygen atoms in total. The number of nitrogens with zero attached hydrogens (tertiary/aromatic N) is 1. The van der Waals surface area contributed by atoms with Crippen LogP contribution in [0.1, 0.15) is 32.3 Å². The van der Waals surface area contributed by atoms with Crippen LogP contribution < -0.4 is 5.32 Å². The average molecular weight is 264 g/mol. The summed E-state index contributed by atoms with van der Waals surface area (Å²) in [4.78, 5) is 2.50. The molecule has 0 amide bonds. The van der Waals surface area contributed by atoms with Crippen LogP contribution in [0.3, 0.4) is 0 Å². The average Bonchev–Trinajstić information content (AvgIpc) is 2.37. The minimum atomic E-state index is -0.157. The molecule has 1 aromatic carbocycles. The van der Waals surface area contributed by atoms with Gasteiger partial charge in [0.2, 0.25) is 0 Å². The molecule has 1 fully saturated rings. The van der Waals surface area contributed by atoms with Gasteiger partial charge in [-0.3, -0.25) is 0 Å². The molecule has 1 unspecified atom stereocenters. The van der Waals surface area contributed by atoms with Gasteiger partial charge in [-0.25, -0.2) is 4.39 Å². The van der Waals surface area contributed by atoms with Gasteiger partial charge in [-0.2, -0.15) is 0 Å². The summed E-state index contributed by atoms with van der Waals surface area (Å²) in [5.41, 5.74) is 1.87. The number of likely N-dealkylation sites (tertiary alicyclic amines) is 1. The predicted octanol–water partition coefficient (Wildman–Crippen LogP) is 3.67. The van der Waals surface area contributed by atoms with Gasteiger partial charge in [0.15, 0.2) is 0 Å². The molecule has 1 heterocycles. The number of nitrogens with one attached hydrogen (secondary N) is 1. The SMILES string of the molecule is CCN1CCC(C(C)Nc2cc(C)cc(F)c2)CC1. The van der Waals surface area contributed by atoms with Crippen LogP contribution in [-0.2, 0) is 0 Å². The Morgan fingerprint density at radius 1 is 1.32 bits per heavy atom. The summed E-state index contributed by atoms with van der Waals surface area (Å²) < 4.78 is 13.4. The van der Waals surface area contributed by atoms with Crippen LogP contribution in [0.4, 0.5) is 10.1 Å². The van der Waals surface area contributed by atoms with E-state index in [9.17, 15) is 4.39 Å². The van der Waals surface area contributed by atoms with Crippen molar-refractivity contribution in [1.82, 2.24) is 4.90 Å². The number of anilines is 1. The standard InChI is InChI=1S/C16H25FN2/c1-4-19-7-5-14(6-8-19)13(3)18-16-10-12(2)9-15(17)11-16/h9-11,13-14,18H,4-8H2,1-3H3. The molecule has 1 aromatic rings. The number of benzene rings is 1. The Balaban J connectivity index is 1.92. The number of aryl methyl sites for hydroxylation is 1. The highest BCUT2D eigenvalue weighted by Gasteiger charge is 2.23.